The number of carbonyl (C=O) groups excluding carboxylic acids is 1. The summed E-state index contributed by atoms with van der Waals surface area (Å²) in [5.41, 5.74) is -0.503. The molecule has 2 unspecified atom stereocenters. The van der Waals surface area contributed by atoms with Crippen molar-refractivity contribution in [3.05, 3.63) is 23.5 Å². The third-order valence-electron chi connectivity index (χ3n) is 4.09. The Morgan fingerprint density at radius 3 is 2.73 bits per heavy atom. The molecule has 1 fully saturated rings. The van der Waals surface area contributed by atoms with Crippen molar-refractivity contribution in [3.8, 4) is 0 Å². The zero-order valence-corrected chi connectivity index (χ0v) is 15.6. The Balaban J connectivity index is 1.86. The highest BCUT2D eigenvalue weighted by Gasteiger charge is 2.58. The van der Waals surface area contributed by atoms with Crippen LogP contribution in [0.15, 0.2) is 23.3 Å². The van der Waals surface area contributed by atoms with E-state index >= 15 is 0 Å². The van der Waals surface area contributed by atoms with Crippen LogP contribution in [-0.2, 0) is 4.74 Å². The fourth-order valence-electron chi connectivity index (χ4n) is 2.63. The van der Waals surface area contributed by atoms with Crippen LogP contribution in [0.4, 0.5) is 19.3 Å². The number of aromatic nitrogens is 2. The number of rotatable bonds is 4. The molecule has 9 heteroatoms. The van der Waals surface area contributed by atoms with Gasteiger partial charge in [0, 0.05) is 25.1 Å². The normalized spacial score (nSPS) is 23.8. The van der Waals surface area contributed by atoms with Gasteiger partial charge in [-0.3, -0.25) is 14.6 Å². The van der Waals surface area contributed by atoms with E-state index in [9.17, 15) is 13.6 Å². The summed E-state index contributed by atoms with van der Waals surface area (Å²) >= 11 is 6.22. The Morgan fingerprint density at radius 2 is 2.19 bits per heavy atom. The van der Waals surface area contributed by atoms with Gasteiger partial charge in [-0.2, -0.15) is 5.10 Å². The van der Waals surface area contributed by atoms with Crippen LogP contribution in [0.1, 0.15) is 33.2 Å². The number of nitrogens with zero attached hydrogens (tertiary/aromatic N) is 4. The lowest BCUT2D eigenvalue weighted by Crippen LogP contribution is -2.38. The van der Waals surface area contributed by atoms with Gasteiger partial charge in [0.15, 0.2) is 5.15 Å². The number of amides is 1. The first-order chi connectivity index (χ1) is 12.1. The second-order valence-corrected chi connectivity index (χ2v) is 7.86. The van der Waals surface area contributed by atoms with Gasteiger partial charge in [-0.1, -0.05) is 17.7 Å². The van der Waals surface area contributed by atoms with Crippen molar-refractivity contribution < 1.29 is 18.3 Å². The number of allylic oxidation sites excluding steroid dienone is 1. The second kappa shape index (κ2) is 6.64. The Hall–Kier alpha value is -1.96. The number of hydrogen-bond donors (Lipinski definition) is 0. The monoisotopic (exact) mass is 386 g/mol. The van der Waals surface area contributed by atoms with Crippen molar-refractivity contribution in [1.82, 2.24) is 9.78 Å². The third-order valence-corrected chi connectivity index (χ3v) is 4.36. The van der Waals surface area contributed by atoms with Crippen molar-refractivity contribution in [2.45, 2.75) is 44.8 Å². The summed E-state index contributed by atoms with van der Waals surface area (Å²) in [6, 6.07) is -0.144. The maximum atomic E-state index is 13.4. The molecule has 0 saturated heterocycles. The van der Waals surface area contributed by atoms with Gasteiger partial charge >= 0.3 is 6.09 Å². The van der Waals surface area contributed by atoms with Crippen molar-refractivity contribution in [1.29, 1.82) is 0 Å². The maximum Gasteiger partial charge on any atom is 0.414 e. The minimum Gasteiger partial charge on any atom is -0.443 e. The first-order valence-electron chi connectivity index (χ1n) is 8.36. The number of aliphatic imine (C=N–C) groups is 1. The van der Waals surface area contributed by atoms with Crippen molar-refractivity contribution in [2.75, 3.05) is 18.0 Å². The molecule has 1 aliphatic carbocycles. The molecule has 1 saturated carbocycles. The Kier molecular flexibility index (Phi) is 4.81. The topological polar surface area (TPSA) is 59.7 Å². The molecule has 0 aromatic carbocycles. The molecule has 1 aromatic rings. The fraction of sp³-hybridized carbons (Fsp3) is 0.588. The molecule has 0 bridgehead atoms. The summed E-state index contributed by atoms with van der Waals surface area (Å²) in [4.78, 5) is 17.9. The summed E-state index contributed by atoms with van der Waals surface area (Å²) < 4.78 is 33.8. The number of carbonyl (C=O) groups is 1. The van der Waals surface area contributed by atoms with E-state index in [2.05, 4.69) is 10.1 Å². The number of hydrogen-bond acceptors (Lipinski definition) is 4. The number of ether oxygens (including phenoxy) is 1. The summed E-state index contributed by atoms with van der Waals surface area (Å²) in [6.45, 7) is 5.45. The maximum absolute atomic E-state index is 13.4. The minimum absolute atomic E-state index is 0.0581. The van der Waals surface area contributed by atoms with E-state index in [4.69, 9.17) is 16.3 Å². The van der Waals surface area contributed by atoms with E-state index in [1.807, 2.05) is 6.08 Å². The molecule has 0 spiro atoms. The van der Waals surface area contributed by atoms with E-state index < -0.39 is 23.5 Å². The Labute approximate surface area is 155 Å². The van der Waals surface area contributed by atoms with E-state index in [1.54, 1.807) is 43.9 Å². The molecule has 26 heavy (non-hydrogen) atoms. The third kappa shape index (κ3) is 4.23. The Bertz CT molecular complexity index is 754. The lowest BCUT2D eigenvalue weighted by atomic mass is 10.2. The first kappa shape index (κ1) is 18.8. The zero-order valence-electron chi connectivity index (χ0n) is 14.8. The average Bonchev–Trinajstić information content (AvgIpc) is 2.96. The van der Waals surface area contributed by atoms with Crippen LogP contribution in [0, 0.1) is 5.92 Å². The lowest BCUT2D eigenvalue weighted by molar-refractivity contribution is 0.0567. The number of dihydropyridines is 1. The molecule has 0 N–H and O–H groups in total. The quantitative estimate of drug-likeness (QED) is 0.782. The molecule has 6 nitrogen and oxygen atoms in total. The van der Waals surface area contributed by atoms with Crippen LogP contribution in [-0.4, -0.2) is 46.7 Å². The standard InChI is InChI=1S/C17H21ClF2N4O2/c1-16(2,3)26-15(25)23(9-11-7-17(11,19)20)13-10-24(22-14(13)18)12-5-4-6-21-8-12/h4-6,10-12H,7-9H2,1-3H3. The van der Waals surface area contributed by atoms with Gasteiger partial charge in [-0.05, 0) is 26.8 Å². The highest BCUT2D eigenvalue weighted by atomic mass is 35.5. The van der Waals surface area contributed by atoms with Gasteiger partial charge < -0.3 is 4.74 Å². The van der Waals surface area contributed by atoms with Gasteiger partial charge in [0.1, 0.15) is 11.3 Å². The van der Waals surface area contributed by atoms with Crippen LogP contribution in [0.25, 0.3) is 0 Å². The molecule has 142 valence electrons. The highest BCUT2D eigenvalue weighted by Crippen LogP contribution is 2.49. The van der Waals surface area contributed by atoms with Crippen LogP contribution in [0.5, 0.6) is 0 Å². The van der Waals surface area contributed by atoms with E-state index in [-0.39, 0.29) is 29.8 Å². The molecular weight excluding hydrogens is 366 g/mol. The van der Waals surface area contributed by atoms with Crippen LogP contribution in [0.2, 0.25) is 5.15 Å². The summed E-state index contributed by atoms with van der Waals surface area (Å²) in [5, 5.41) is 4.28. The largest absolute Gasteiger partial charge is 0.443 e. The average molecular weight is 387 g/mol. The molecule has 1 aliphatic heterocycles. The van der Waals surface area contributed by atoms with Crippen molar-refractivity contribution >= 4 is 29.6 Å². The van der Waals surface area contributed by atoms with Crippen LogP contribution < -0.4 is 4.90 Å². The minimum atomic E-state index is -2.76. The molecule has 0 radical (unpaired) electrons. The number of anilines is 1. The Morgan fingerprint density at radius 1 is 1.50 bits per heavy atom. The molecule has 1 aromatic heterocycles. The second-order valence-electron chi connectivity index (χ2n) is 7.50. The molecule has 2 atom stereocenters. The van der Waals surface area contributed by atoms with Crippen molar-refractivity contribution in [3.63, 3.8) is 0 Å². The summed E-state index contributed by atoms with van der Waals surface area (Å²) in [6.07, 6.45) is 5.97. The molecule has 2 aliphatic rings. The molecule has 3 rings (SSSR count). The van der Waals surface area contributed by atoms with Crippen LogP contribution in [0.3, 0.4) is 0 Å². The van der Waals surface area contributed by atoms with E-state index in [1.165, 1.54) is 0 Å². The lowest BCUT2D eigenvalue weighted by Gasteiger charge is -2.26. The number of alkyl halides is 2. The summed E-state index contributed by atoms with van der Waals surface area (Å²) in [7, 11) is 0. The van der Waals surface area contributed by atoms with Gasteiger partial charge in [0.05, 0.1) is 18.8 Å². The van der Waals surface area contributed by atoms with Gasteiger partial charge in [0.25, 0.3) is 5.92 Å². The molecule has 2 heterocycles. The highest BCUT2D eigenvalue weighted by molar-refractivity contribution is 6.32. The van der Waals surface area contributed by atoms with E-state index in [0.29, 0.717) is 6.54 Å². The summed E-state index contributed by atoms with van der Waals surface area (Å²) in [5.74, 6) is -3.67. The molecule has 1 amide bonds. The van der Waals surface area contributed by atoms with E-state index in [0.717, 1.165) is 4.90 Å². The van der Waals surface area contributed by atoms with Gasteiger partial charge in [-0.15, -0.1) is 0 Å². The van der Waals surface area contributed by atoms with Gasteiger partial charge in [0.2, 0.25) is 0 Å². The molecular formula is C17H21ClF2N4O2. The fourth-order valence-corrected chi connectivity index (χ4v) is 2.87. The van der Waals surface area contributed by atoms with Crippen LogP contribution >= 0.6 is 11.6 Å². The predicted octanol–water partition coefficient (Wildman–Crippen LogP) is 4.11. The van der Waals surface area contributed by atoms with Crippen molar-refractivity contribution in [2.24, 2.45) is 10.9 Å². The smallest absolute Gasteiger partial charge is 0.414 e. The first-order valence-corrected chi connectivity index (χ1v) is 8.74. The zero-order chi connectivity index (χ0) is 19.1. The van der Waals surface area contributed by atoms with Gasteiger partial charge in [-0.25, -0.2) is 13.6 Å². The SMILES string of the molecule is CC(C)(C)OC(=O)N(CC1CC1(F)F)c1cn(C2C=CC=NC2)nc1Cl. The predicted molar refractivity (Wildman–Crippen MR) is 95.4 cm³/mol. The number of halogens is 3.